The quantitative estimate of drug-likeness (QED) is 0.178. The zero-order valence-corrected chi connectivity index (χ0v) is 26.0. The first-order chi connectivity index (χ1) is 23.8. The van der Waals surface area contributed by atoms with Gasteiger partial charge in [-0.25, -0.2) is 15.0 Å². The van der Waals surface area contributed by atoms with Crippen molar-refractivity contribution in [3.05, 3.63) is 176 Å². The van der Waals surface area contributed by atoms with E-state index in [0.717, 1.165) is 33.4 Å². The van der Waals surface area contributed by atoms with E-state index in [2.05, 4.69) is 125 Å². The lowest BCUT2D eigenvalue weighted by Crippen LogP contribution is -2.00. The van der Waals surface area contributed by atoms with Crippen LogP contribution < -0.4 is 0 Å². The summed E-state index contributed by atoms with van der Waals surface area (Å²) in [5.41, 5.74) is 12.0. The molecule has 0 fully saturated rings. The minimum absolute atomic E-state index is 0.594. The largest absolute Gasteiger partial charge is 0.265 e. The van der Waals surface area contributed by atoms with Crippen LogP contribution in [0.1, 0.15) is 0 Å². The van der Waals surface area contributed by atoms with Crippen LogP contribution in [0, 0.1) is 0 Å². The van der Waals surface area contributed by atoms with Crippen LogP contribution in [0.4, 0.5) is 0 Å². The number of aromatic nitrogens is 5. The second-order valence-electron chi connectivity index (χ2n) is 11.5. The normalized spacial score (nSPS) is 10.9. The monoisotopic (exact) mass is 615 g/mol. The van der Waals surface area contributed by atoms with Gasteiger partial charge in [-0.1, -0.05) is 109 Å². The van der Waals surface area contributed by atoms with Crippen molar-refractivity contribution in [2.24, 2.45) is 0 Å². The van der Waals surface area contributed by atoms with Crippen molar-refractivity contribution in [2.45, 2.75) is 0 Å². The molecule has 0 aliphatic heterocycles. The van der Waals surface area contributed by atoms with Crippen molar-refractivity contribution in [3.63, 3.8) is 0 Å². The third kappa shape index (κ3) is 6.13. The van der Waals surface area contributed by atoms with Crippen molar-refractivity contribution in [1.82, 2.24) is 24.9 Å². The van der Waals surface area contributed by atoms with Crippen molar-refractivity contribution in [3.8, 4) is 78.7 Å². The first-order valence-electron chi connectivity index (χ1n) is 15.8. The smallest absolute Gasteiger partial charge is 0.164 e. The Hall–Kier alpha value is -6.59. The van der Waals surface area contributed by atoms with Crippen molar-refractivity contribution in [1.29, 1.82) is 0 Å². The van der Waals surface area contributed by atoms with E-state index >= 15 is 0 Å². The van der Waals surface area contributed by atoms with Gasteiger partial charge in [0.25, 0.3) is 0 Å². The molecule has 3 heterocycles. The van der Waals surface area contributed by atoms with E-state index in [1.165, 1.54) is 27.8 Å². The third-order valence-electron chi connectivity index (χ3n) is 8.35. The van der Waals surface area contributed by atoms with Gasteiger partial charge in [-0.3, -0.25) is 9.97 Å². The van der Waals surface area contributed by atoms with Gasteiger partial charge in [0.05, 0.1) is 0 Å². The van der Waals surface area contributed by atoms with Gasteiger partial charge in [0.15, 0.2) is 17.5 Å². The summed E-state index contributed by atoms with van der Waals surface area (Å²) in [4.78, 5) is 22.9. The van der Waals surface area contributed by atoms with E-state index in [1.54, 1.807) is 24.8 Å². The van der Waals surface area contributed by atoms with Crippen LogP contribution in [-0.4, -0.2) is 24.9 Å². The summed E-state index contributed by atoms with van der Waals surface area (Å²) in [5, 5.41) is 0. The minimum Gasteiger partial charge on any atom is -0.265 e. The lowest BCUT2D eigenvalue weighted by Gasteiger charge is -2.11. The highest BCUT2D eigenvalue weighted by Gasteiger charge is 2.13. The molecule has 0 saturated carbocycles. The Bertz CT molecular complexity index is 2260. The van der Waals surface area contributed by atoms with Crippen molar-refractivity contribution >= 4 is 0 Å². The third-order valence-corrected chi connectivity index (χ3v) is 8.35. The molecule has 48 heavy (non-hydrogen) atoms. The Balaban J connectivity index is 1.12. The van der Waals surface area contributed by atoms with E-state index in [0.29, 0.717) is 17.5 Å². The van der Waals surface area contributed by atoms with Crippen LogP contribution >= 0.6 is 0 Å². The maximum absolute atomic E-state index is 4.89. The average molecular weight is 616 g/mol. The van der Waals surface area contributed by atoms with E-state index in [4.69, 9.17) is 15.0 Å². The Morgan fingerprint density at radius 1 is 0.229 bits per heavy atom. The molecule has 0 radical (unpaired) electrons. The predicted octanol–water partition coefficient (Wildman–Crippen LogP) is 10.3. The summed E-state index contributed by atoms with van der Waals surface area (Å²) in [6.45, 7) is 0. The molecule has 0 aliphatic carbocycles. The second-order valence-corrected chi connectivity index (χ2v) is 11.5. The zero-order valence-electron chi connectivity index (χ0n) is 26.0. The molecule has 0 bridgehead atoms. The zero-order chi connectivity index (χ0) is 32.1. The number of benzene rings is 5. The molecular formula is C43H29N5. The second kappa shape index (κ2) is 13.0. The summed E-state index contributed by atoms with van der Waals surface area (Å²) in [5.74, 6) is 1.79. The van der Waals surface area contributed by atoms with E-state index in [9.17, 15) is 0 Å². The molecule has 0 unspecified atom stereocenters. The molecule has 0 atom stereocenters. The molecule has 5 heteroatoms. The molecule has 8 rings (SSSR count). The average Bonchev–Trinajstić information content (AvgIpc) is 3.19. The van der Waals surface area contributed by atoms with Gasteiger partial charge in [0.2, 0.25) is 0 Å². The number of nitrogens with zero attached hydrogens (tertiary/aromatic N) is 5. The maximum atomic E-state index is 4.89. The van der Waals surface area contributed by atoms with E-state index in [-0.39, 0.29) is 0 Å². The van der Waals surface area contributed by atoms with Crippen LogP contribution in [0.15, 0.2) is 176 Å². The molecule has 5 aromatic carbocycles. The molecule has 0 aliphatic rings. The Kier molecular flexibility index (Phi) is 7.83. The fourth-order valence-corrected chi connectivity index (χ4v) is 5.85. The summed E-state index contributed by atoms with van der Waals surface area (Å²) in [6.07, 6.45) is 6.98. The van der Waals surface area contributed by atoms with Gasteiger partial charge in [-0.2, -0.15) is 0 Å². The van der Waals surface area contributed by atoms with E-state index < -0.39 is 0 Å². The number of pyridine rings is 2. The number of hydrogen-bond donors (Lipinski definition) is 0. The van der Waals surface area contributed by atoms with Gasteiger partial charge in [0, 0.05) is 41.5 Å². The summed E-state index contributed by atoms with van der Waals surface area (Å²) >= 11 is 0. The first kappa shape index (κ1) is 28.9. The lowest BCUT2D eigenvalue weighted by atomic mass is 9.95. The molecule has 5 nitrogen and oxygen atoms in total. The van der Waals surface area contributed by atoms with Crippen molar-refractivity contribution < 1.29 is 0 Å². The summed E-state index contributed by atoms with van der Waals surface area (Å²) in [7, 11) is 0. The molecule has 226 valence electrons. The molecule has 0 amide bonds. The first-order valence-corrected chi connectivity index (χ1v) is 15.8. The Morgan fingerprint density at radius 3 is 1.00 bits per heavy atom. The van der Waals surface area contributed by atoms with Gasteiger partial charge < -0.3 is 0 Å². The number of rotatable bonds is 7. The maximum Gasteiger partial charge on any atom is 0.164 e. The molecule has 0 N–H and O–H groups in total. The van der Waals surface area contributed by atoms with Gasteiger partial charge in [-0.15, -0.1) is 0 Å². The lowest BCUT2D eigenvalue weighted by molar-refractivity contribution is 1.07. The summed E-state index contributed by atoms with van der Waals surface area (Å²) < 4.78 is 0. The number of hydrogen-bond acceptors (Lipinski definition) is 5. The molecular weight excluding hydrogens is 587 g/mol. The Morgan fingerprint density at radius 2 is 0.542 bits per heavy atom. The van der Waals surface area contributed by atoms with Crippen molar-refractivity contribution in [2.75, 3.05) is 0 Å². The standard InChI is InChI=1S/C43H29N5/c1-2-7-30(8-3-1)31-15-17-32(18-16-31)35-9-4-10-36(27-35)37-11-5-12-38(28-37)39-13-6-14-40(29-39)43-47-41(33-19-23-44-24-20-33)46-42(48-43)34-21-25-45-26-22-34/h1-29H. The van der Waals surface area contributed by atoms with Crippen LogP contribution in [0.5, 0.6) is 0 Å². The van der Waals surface area contributed by atoms with Gasteiger partial charge >= 0.3 is 0 Å². The molecule has 0 saturated heterocycles. The van der Waals surface area contributed by atoms with Crippen LogP contribution in [-0.2, 0) is 0 Å². The highest BCUT2D eigenvalue weighted by molar-refractivity contribution is 5.79. The molecule has 8 aromatic rings. The van der Waals surface area contributed by atoms with Gasteiger partial charge in [0.1, 0.15) is 0 Å². The van der Waals surface area contributed by atoms with Gasteiger partial charge in [-0.05, 0) is 87.0 Å². The SMILES string of the molecule is c1ccc(-c2ccc(-c3cccc(-c4cccc(-c5cccc(-c6nc(-c7ccncc7)nc(-c7ccncc7)n6)c5)c4)c3)cc2)cc1. The fraction of sp³-hybridized carbons (Fsp3) is 0. The Labute approximate surface area is 279 Å². The summed E-state index contributed by atoms with van der Waals surface area (Å²) in [6, 6.07) is 52.7. The molecule has 3 aromatic heterocycles. The minimum atomic E-state index is 0.594. The van der Waals surface area contributed by atoms with Crippen LogP contribution in [0.3, 0.4) is 0 Å². The molecule has 0 spiro atoms. The van der Waals surface area contributed by atoms with Crippen LogP contribution in [0.2, 0.25) is 0 Å². The highest BCUT2D eigenvalue weighted by atomic mass is 15.0. The predicted molar refractivity (Wildman–Crippen MR) is 193 cm³/mol. The van der Waals surface area contributed by atoms with E-state index in [1.807, 2.05) is 36.4 Å². The topological polar surface area (TPSA) is 64.5 Å². The van der Waals surface area contributed by atoms with Crippen LogP contribution in [0.25, 0.3) is 78.7 Å². The highest BCUT2D eigenvalue weighted by Crippen LogP contribution is 2.32. The fourth-order valence-electron chi connectivity index (χ4n) is 5.85.